The van der Waals surface area contributed by atoms with Crippen molar-refractivity contribution in [3.05, 3.63) is 22.4 Å². The van der Waals surface area contributed by atoms with E-state index >= 15 is 0 Å². The highest BCUT2D eigenvalue weighted by Gasteiger charge is 2.32. The van der Waals surface area contributed by atoms with E-state index in [0.29, 0.717) is 6.04 Å². The maximum absolute atomic E-state index is 11.0. The molecule has 2 rings (SSSR count). The maximum atomic E-state index is 11.0. The number of thiophene rings is 1. The number of carbonyl (C=O) groups excluding carboxylic acids is 1. The fourth-order valence-electron chi connectivity index (χ4n) is 1.93. The molecule has 0 N–H and O–H groups in total. The summed E-state index contributed by atoms with van der Waals surface area (Å²) in [6.07, 6.45) is 3.66. The predicted molar refractivity (Wildman–Crippen MR) is 67.6 cm³/mol. The molecule has 0 aliphatic heterocycles. The normalized spacial score (nSPS) is 16.7. The Kier molecular flexibility index (Phi) is 3.45. The van der Waals surface area contributed by atoms with Gasteiger partial charge in [0.15, 0.2) is 0 Å². The third kappa shape index (κ3) is 3.16. The van der Waals surface area contributed by atoms with E-state index in [-0.39, 0.29) is 5.41 Å². The fraction of sp³-hybridized carbons (Fsp3) is 0.615. The van der Waals surface area contributed by atoms with Crippen molar-refractivity contribution in [1.29, 1.82) is 0 Å². The van der Waals surface area contributed by atoms with Crippen molar-refractivity contribution in [3.8, 4) is 0 Å². The smallest absolute Gasteiger partial charge is 0.126 e. The molecule has 1 aliphatic carbocycles. The van der Waals surface area contributed by atoms with Gasteiger partial charge in [0, 0.05) is 24.5 Å². The SMILES string of the molecule is CC(C)(C=O)CN(Cc1ccsc1)C1CC1. The van der Waals surface area contributed by atoms with Crippen molar-refractivity contribution in [2.75, 3.05) is 6.54 Å². The van der Waals surface area contributed by atoms with Gasteiger partial charge in [-0.05, 0) is 35.2 Å². The lowest BCUT2D eigenvalue weighted by Gasteiger charge is -2.28. The van der Waals surface area contributed by atoms with Gasteiger partial charge < -0.3 is 4.79 Å². The van der Waals surface area contributed by atoms with Gasteiger partial charge in [-0.25, -0.2) is 0 Å². The zero-order valence-corrected chi connectivity index (χ0v) is 10.8. The van der Waals surface area contributed by atoms with Crippen LogP contribution in [0.2, 0.25) is 0 Å². The van der Waals surface area contributed by atoms with E-state index in [1.807, 2.05) is 13.8 Å². The summed E-state index contributed by atoms with van der Waals surface area (Å²) in [4.78, 5) is 13.4. The van der Waals surface area contributed by atoms with Crippen molar-refractivity contribution < 1.29 is 4.79 Å². The van der Waals surface area contributed by atoms with E-state index in [9.17, 15) is 4.79 Å². The van der Waals surface area contributed by atoms with Crippen LogP contribution in [0.1, 0.15) is 32.3 Å². The van der Waals surface area contributed by atoms with Crippen molar-refractivity contribution in [1.82, 2.24) is 4.90 Å². The lowest BCUT2D eigenvalue weighted by molar-refractivity contribution is -0.115. The minimum Gasteiger partial charge on any atom is -0.303 e. The Morgan fingerprint density at radius 3 is 2.81 bits per heavy atom. The molecule has 0 aromatic carbocycles. The molecule has 16 heavy (non-hydrogen) atoms. The van der Waals surface area contributed by atoms with Gasteiger partial charge >= 0.3 is 0 Å². The first kappa shape index (κ1) is 11.8. The molecule has 1 fully saturated rings. The number of rotatable bonds is 6. The highest BCUT2D eigenvalue weighted by Crippen LogP contribution is 2.31. The average molecular weight is 237 g/mol. The standard InChI is InChI=1S/C13H19NOS/c1-13(2,10-15)9-14(12-3-4-12)7-11-5-6-16-8-11/h5-6,8,10,12H,3-4,7,9H2,1-2H3. The molecule has 1 aromatic heterocycles. The molecule has 0 unspecified atom stereocenters. The maximum Gasteiger partial charge on any atom is 0.126 e. The van der Waals surface area contributed by atoms with Crippen LogP contribution in [0.25, 0.3) is 0 Å². The van der Waals surface area contributed by atoms with E-state index in [1.165, 1.54) is 18.4 Å². The first-order chi connectivity index (χ1) is 7.61. The highest BCUT2D eigenvalue weighted by atomic mass is 32.1. The molecule has 0 bridgehead atoms. The number of carbonyl (C=O) groups is 1. The Balaban J connectivity index is 1.98. The molecule has 3 heteroatoms. The quantitative estimate of drug-likeness (QED) is 0.709. The van der Waals surface area contributed by atoms with Crippen LogP contribution in [0.3, 0.4) is 0 Å². The van der Waals surface area contributed by atoms with Crippen LogP contribution in [-0.4, -0.2) is 23.8 Å². The Morgan fingerprint density at radius 2 is 2.31 bits per heavy atom. The summed E-state index contributed by atoms with van der Waals surface area (Å²) in [5, 5.41) is 4.31. The number of nitrogens with zero attached hydrogens (tertiary/aromatic N) is 1. The number of hydrogen-bond donors (Lipinski definition) is 0. The molecular weight excluding hydrogens is 218 g/mol. The second-order valence-corrected chi connectivity index (χ2v) is 6.15. The molecule has 0 radical (unpaired) electrons. The molecule has 0 amide bonds. The Labute approximate surface area is 101 Å². The Bertz CT molecular complexity index is 341. The summed E-state index contributed by atoms with van der Waals surface area (Å²) in [5.41, 5.74) is 1.15. The zero-order valence-electron chi connectivity index (χ0n) is 9.98. The van der Waals surface area contributed by atoms with Gasteiger partial charge in [-0.1, -0.05) is 13.8 Å². The first-order valence-corrected chi connectivity index (χ1v) is 6.76. The van der Waals surface area contributed by atoms with Crippen molar-refractivity contribution in [2.24, 2.45) is 5.41 Å². The van der Waals surface area contributed by atoms with Crippen molar-refractivity contribution in [2.45, 2.75) is 39.3 Å². The molecule has 2 nitrogen and oxygen atoms in total. The van der Waals surface area contributed by atoms with Crippen LogP contribution in [-0.2, 0) is 11.3 Å². The molecule has 0 spiro atoms. The van der Waals surface area contributed by atoms with Crippen LogP contribution in [0.4, 0.5) is 0 Å². The third-order valence-corrected chi connectivity index (χ3v) is 3.69. The largest absolute Gasteiger partial charge is 0.303 e. The summed E-state index contributed by atoms with van der Waals surface area (Å²) in [5.74, 6) is 0. The lowest BCUT2D eigenvalue weighted by Crippen LogP contribution is -2.36. The average Bonchev–Trinajstić information content (AvgIpc) is 2.97. The molecule has 0 saturated heterocycles. The minimum atomic E-state index is -0.224. The van der Waals surface area contributed by atoms with Crippen LogP contribution < -0.4 is 0 Å². The third-order valence-electron chi connectivity index (χ3n) is 2.96. The summed E-state index contributed by atoms with van der Waals surface area (Å²) in [7, 11) is 0. The van der Waals surface area contributed by atoms with Gasteiger partial charge in [0.1, 0.15) is 6.29 Å². The second-order valence-electron chi connectivity index (χ2n) is 5.37. The summed E-state index contributed by atoms with van der Waals surface area (Å²) < 4.78 is 0. The van der Waals surface area contributed by atoms with E-state index in [4.69, 9.17) is 0 Å². The lowest BCUT2D eigenvalue weighted by atomic mass is 9.95. The van der Waals surface area contributed by atoms with Gasteiger partial charge in [-0.15, -0.1) is 0 Å². The molecule has 1 heterocycles. The Morgan fingerprint density at radius 1 is 1.56 bits per heavy atom. The van der Waals surface area contributed by atoms with Crippen molar-refractivity contribution >= 4 is 17.6 Å². The molecule has 1 saturated carbocycles. The molecule has 88 valence electrons. The summed E-state index contributed by atoms with van der Waals surface area (Å²) in [6, 6.07) is 2.88. The van der Waals surface area contributed by atoms with Crippen LogP contribution in [0.15, 0.2) is 16.8 Å². The Hall–Kier alpha value is -0.670. The van der Waals surface area contributed by atoms with E-state index in [2.05, 4.69) is 21.7 Å². The van der Waals surface area contributed by atoms with E-state index < -0.39 is 0 Å². The monoisotopic (exact) mass is 237 g/mol. The van der Waals surface area contributed by atoms with Crippen LogP contribution in [0, 0.1) is 5.41 Å². The van der Waals surface area contributed by atoms with Crippen molar-refractivity contribution in [3.63, 3.8) is 0 Å². The highest BCUT2D eigenvalue weighted by molar-refractivity contribution is 7.07. The van der Waals surface area contributed by atoms with Gasteiger partial charge in [0.2, 0.25) is 0 Å². The van der Waals surface area contributed by atoms with Gasteiger partial charge in [0.05, 0.1) is 0 Å². The van der Waals surface area contributed by atoms with Crippen LogP contribution >= 0.6 is 11.3 Å². The predicted octanol–water partition coefficient (Wildman–Crippen LogP) is 2.94. The number of aldehydes is 1. The summed E-state index contributed by atoms with van der Waals surface area (Å²) in [6.45, 7) is 5.90. The molecule has 0 atom stereocenters. The molecule has 1 aromatic rings. The van der Waals surface area contributed by atoms with Gasteiger partial charge in [0.25, 0.3) is 0 Å². The van der Waals surface area contributed by atoms with Gasteiger partial charge in [-0.2, -0.15) is 11.3 Å². The number of hydrogen-bond acceptors (Lipinski definition) is 3. The minimum absolute atomic E-state index is 0.224. The first-order valence-electron chi connectivity index (χ1n) is 5.82. The summed E-state index contributed by atoms with van der Waals surface area (Å²) >= 11 is 1.74. The molecular formula is C13H19NOS. The van der Waals surface area contributed by atoms with Crippen LogP contribution in [0.5, 0.6) is 0 Å². The van der Waals surface area contributed by atoms with E-state index in [0.717, 1.165) is 19.4 Å². The zero-order chi connectivity index (χ0) is 11.6. The van der Waals surface area contributed by atoms with Gasteiger partial charge in [-0.3, -0.25) is 4.90 Å². The topological polar surface area (TPSA) is 20.3 Å². The molecule has 1 aliphatic rings. The fourth-order valence-corrected chi connectivity index (χ4v) is 2.59. The van der Waals surface area contributed by atoms with E-state index in [1.54, 1.807) is 11.3 Å². The second kappa shape index (κ2) is 4.68.